The smallest absolute Gasteiger partial charge is 0.0244 e. The molecule has 1 N–H and O–H groups in total. The molecule has 2 aliphatic rings. The number of hydrogen-bond donors (Lipinski definition) is 1. The van der Waals surface area contributed by atoms with Gasteiger partial charge in [0.15, 0.2) is 0 Å². The molecule has 0 aromatic heterocycles. The van der Waals surface area contributed by atoms with Crippen molar-refractivity contribution in [1.82, 2.24) is 10.2 Å². The van der Waals surface area contributed by atoms with Gasteiger partial charge in [-0.25, -0.2) is 0 Å². The van der Waals surface area contributed by atoms with Crippen molar-refractivity contribution in [3.63, 3.8) is 0 Å². The molecule has 124 valence electrons. The molecular formula is C19H38N2. The molecule has 0 spiro atoms. The molecule has 2 nitrogen and oxygen atoms in total. The Morgan fingerprint density at radius 3 is 2.00 bits per heavy atom. The zero-order chi connectivity index (χ0) is 16.1. The van der Waals surface area contributed by atoms with Crippen LogP contribution in [-0.4, -0.2) is 36.1 Å². The zero-order valence-electron chi connectivity index (χ0n) is 15.7. The van der Waals surface area contributed by atoms with Crippen molar-refractivity contribution in [2.24, 2.45) is 16.2 Å². The Balaban J connectivity index is 2.14. The third-order valence-electron chi connectivity index (χ3n) is 5.67. The maximum Gasteiger partial charge on any atom is 0.0244 e. The second kappa shape index (κ2) is 5.53. The van der Waals surface area contributed by atoms with Crippen LogP contribution in [0.4, 0.5) is 0 Å². The minimum atomic E-state index is 0.345. The van der Waals surface area contributed by atoms with Crippen LogP contribution in [-0.2, 0) is 0 Å². The highest BCUT2D eigenvalue weighted by Gasteiger charge is 2.43. The lowest BCUT2D eigenvalue weighted by atomic mass is 9.63. The lowest BCUT2D eigenvalue weighted by Gasteiger charge is -2.53. The summed E-state index contributed by atoms with van der Waals surface area (Å²) in [7, 11) is 0. The standard InChI is InChI=1S/C19H38N2/c1-14-11-20-16(17(2,3)4)12-21(14)15-9-18(5,6)13-19(7,8)10-15/h14-16,20H,9-13H2,1-8H3. The van der Waals surface area contributed by atoms with Gasteiger partial charge in [-0.15, -0.1) is 0 Å². The summed E-state index contributed by atoms with van der Waals surface area (Å²) in [5.41, 5.74) is 1.31. The van der Waals surface area contributed by atoms with Gasteiger partial charge in [0.25, 0.3) is 0 Å². The molecule has 21 heavy (non-hydrogen) atoms. The number of rotatable bonds is 1. The van der Waals surface area contributed by atoms with Crippen molar-refractivity contribution >= 4 is 0 Å². The van der Waals surface area contributed by atoms with E-state index in [2.05, 4.69) is 65.6 Å². The monoisotopic (exact) mass is 294 g/mol. The second-order valence-electron chi connectivity index (χ2n) is 10.4. The zero-order valence-corrected chi connectivity index (χ0v) is 15.7. The first kappa shape index (κ1) is 17.3. The van der Waals surface area contributed by atoms with Crippen LogP contribution in [0.1, 0.15) is 74.7 Å². The van der Waals surface area contributed by atoms with Gasteiger partial charge in [-0.2, -0.15) is 0 Å². The Morgan fingerprint density at radius 1 is 1.00 bits per heavy atom. The van der Waals surface area contributed by atoms with E-state index in [4.69, 9.17) is 0 Å². The van der Waals surface area contributed by atoms with Crippen LogP contribution in [0.5, 0.6) is 0 Å². The van der Waals surface area contributed by atoms with Gasteiger partial charge in [0.1, 0.15) is 0 Å². The predicted molar refractivity (Wildman–Crippen MR) is 92.6 cm³/mol. The molecule has 2 heteroatoms. The highest BCUT2D eigenvalue weighted by atomic mass is 15.3. The highest BCUT2D eigenvalue weighted by molar-refractivity contribution is 4.98. The van der Waals surface area contributed by atoms with Gasteiger partial charge in [0, 0.05) is 31.2 Å². The van der Waals surface area contributed by atoms with E-state index in [-0.39, 0.29) is 0 Å². The van der Waals surface area contributed by atoms with Gasteiger partial charge in [0.2, 0.25) is 0 Å². The van der Waals surface area contributed by atoms with Crippen LogP contribution in [0, 0.1) is 16.2 Å². The first-order valence-electron chi connectivity index (χ1n) is 8.89. The Bertz CT molecular complexity index is 348. The Morgan fingerprint density at radius 2 is 1.52 bits per heavy atom. The maximum absolute atomic E-state index is 3.78. The third kappa shape index (κ3) is 4.22. The molecule has 2 unspecified atom stereocenters. The molecule has 0 amide bonds. The summed E-state index contributed by atoms with van der Waals surface area (Å²) in [4.78, 5) is 2.83. The minimum absolute atomic E-state index is 0.345. The molecule has 1 saturated heterocycles. The first-order chi connectivity index (χ1) is 9.40. The molecule has 0 aromatic carbocycles. The molecule has 0 radical (unpaired) electrons. The lowest BCUT2D eigenvalue weighted by Crippen LogP contribution is -2.63. The van der Waals surface area contributed by atoms with E-state index < -0.39 is 0 Å². The summed E-state index contributed by atoms with van der Waals surface area (Å²) in [5.74, 6) is 0. The van der Waals surface area contributed by atoms with Crippen LogP contribution >= 0.6 is 0 Å². The van der Waals surface area contributed by atoms with Crippen molar-refractivity contribution in [2.45, 2.75) is 92.8 Å². The van der Waals surface area contributed by atoms with E-state index in [1.54, 1.807) is 0 Å². The van der Waals surface area contributed by atoms with E-state index >= 15 is 0 Å². The predicted octanol–water partition coefficient (Wildman–Crippen LogP) is 4.30. The van der Waals surface area contributed by atoms with Crippen LogP contribution < -0.4 is 5.32 Å². The highest BCUT2D eigenvalue weighted by Crippen LogP contribution is 2.47. The summed E-state index contributed by atoms with van der Waals surface area (Å²) in [6.07, 6.45) is 4.08. The van der Waals surface area contributed by atoms with Crippen LogP contribution in [0.3, 0.4) is 0 Å². The van der Waals surface area contributed by atoms with E-state index in [9.17, 15) is 0 Å². The molecule has 1 aliphatic carbocycles. The molecule has 1 saturated carbocycles. The van der Waals surface area contributed by atoms with Gasteiger partial charge in [-0.3, -0.25) is 4.90 Å². The number of piperazine rings is 1. The summed E-state index contributed by atoms with van der Waals surface area (Å²) < 4.78 is 0. The van der Waals surface area contributed by atoms with Gasteiger partial charge in [0.05, 0.1) is 0 Å². The molecule has 1 heterocycles. The van der Waals surface area contributed by atoms with Gasteiger partial charge >= 0.3 is 0 Å². The van der Waals surface area contributed by atoms with Crippen LogP contribution in [0.2, 0.25) is 0 Å². The van der Waals surface area contributed by atoms with E-state index in [0.29, 0.717) is 28.3 Å². The summed E-state index contributed by atoms with van der Waals surface area (Å²) in [6, 6.07) is 2.03. The van der Waals surface area contributed by atoms with Crippen molar-refractivity contribution in [2.75, 3.05) is 13.1 Å². The molecule has 0 aromatic rings. The Labute approximate surface area is 133 Å². The maximum atomic E-state index is 3.78. The lowest BCUT2D eigenvalue weighted by molar-refractivity contribution is -0.0189. The van der Waals surface area contributed by atoms with Gasteiger partial charge < -0.3 is 5.32 Å². The van der Waals surface area contributed by atoms with Crippen molar-refractivity contribution in [3.05, 3.63) is 0 Å². The van der Waals surface area contributed by atoms with Crippen LogP contribution in [0.15, 0.2) is 0 Å². The Hall–Kier alpha value is -0.0800. The average Bonchev–Trinajstić information content (AvgIpc) is 2.23. The normalized spacial score (nSPS) is 34.9. The van der Waals surface area contributed by atoms with E-state index in [0.717, 1.165) is 12.6 Å². The summed E-state index contributed by atoms with van der Waals surface area (Å²) in [6.45, 7) is 21.7. The third-order valence-corrected chi connectivity index (χ3v) is 5.67. The molecule has 2 atom stereocenters. The fraction of sp³-hybridized carbons (Fsp3) is 1.00. The van der Waals surface area contributed by atoms with Crippen molar-refractivity contribution in [3.8, 4) is 0 Å². The van der Waals surface area contributed by atoms with Crippen LogP contribution in [0.25, 0.3) is 0 Å². The fourth-order valence-electron chi connectivity index (χ4n) is 5.00. The topological polar surface area (TPSA) is 15.3 Å². The number of nitrogens with one attached hydrogen (secondary N) is 1. The molecule has 2 rings (SSSR count). The van der Waals surface area contributed by atoms with Crippen molar-refractivity contribution < 1.29 is 0 Å². The summed E-state index contributed by atoms with van der Waals surface area (Å²) in [5, 5.41) is 3.78. The second-order valence-corrected chi connectivity index (χ2v) is 10.4. The molecule has 1 aliphatic heterocycles. The molecule has 2 fully saturated rings. The SMILES string of the molecule is CC1CNC(C(C)(C)C)CN1C1CC(C)(C)CC(C)(C)C1. The minimum Gasteiger partial charge on any atom is -0.311 e. The Kier molecular flexibility index (Phi) is 4.55. The number of hydrogen-bond acceptors (Lipinski definition) is 2. The molecule has 0 bridgehead atoms. The van der Waals surface area contributed by atoms with E-state index in [1.807, 2.05) is 0 Å². The molecular weight excluding hydrogens is 256 g/mol. The average molecular weight is 295 g/mol. The van der Waals surface area contributed by atoms with Gasteiger partial charge in [-0.1, -0.05) is 48.5 Å². The van der Waals surface area contributed by atoms with Gasteiger partial charge in [-0.05, 0) is 42.4 Å². The summed E-state index contributed by atoms with van der Waals surface area (Å²) >= 11 is 0. The first-order valence-corrected chi connectivity index (χ1v) is 8.89. The largest absolute Gasteiger partial charge is 0.311 e. The van der Waals surface area contributed by atoms with E-state index in [1.165, 1.54) is 25.8 Å². The number of nitrogens with zero attached hydrogens (tertiary/aromatic N) is 1. The quantitative estimate of drug-likeness (QED) is 0.775. The fourth-order valence-corrected chi connectivity index (χ4v) is 5.00. The van der Waals surface area contributed by atoms with Crippen molar-refractivity contribution in [1.29, 1.82) is 0 Å².